The number of aromatic nitrogens is 1. The summed E-state index contributed by atoms with van der Waals surface area (Å²) in [6.45, 7) is 6.45. The number of hydrogen-bond donors (Lipinski definition) is 1. The van der Waals surface area contributed by atoms with Crippen molar-refractivity contribution in [3.8, 4) is 5.75 Å². The quantitative estimate of drug-likeness (QED) is 0.556. The highest BCUT2D eigenvalue weighted by molar-refractivity contribution is 5.91. The maximum atomic E-state index is 14.3. The van der Waals surface area contributed by atoms with Gasteiger partial charge in [0.15, 0.2) is 11.6 Å². The van der Waals surface area contributed by atoms with Crippen LogP contribution in [0.1, 0.15) is 70.8 Å². The molecule has 1 atom stereocenters. The van der Waals surface area contributed by atoms with Crippen molar-refractivity contribution in [2.75, 3.05) is 0 Å². The van der Waals surface area contributed by atoms with E-state index >= 15 is 0 Å². The second kappa shape index (κ2) is 6.87. The molecule has 4 nitrogen and oxygen atoms in total. The monoisotopic (exact) mass is 452 g/mol. The number of benzene rings is 1. The number of alkyl halides is 3. The van der Waals surface area contributed by atoms with Crippen molar-refractivity contribution in [1.29, 1.82) is 0 Å². The normalized spacial score (nSPS) is 32.5. The second-order valence-electron chi connectivity index (χ2n) is 10.9. The number of halogens is 4. The van der Waals surface area contributed by atoms with Crippen LogP contribution in [0.15, 0.2) is 18.3 Å². The minimum Gasteiger partial charge on any atom is -0.402 e. The Hall–Kier alpha value is -2.25. The molecule has 6 rings (SSSR count). The molecular weight excluding hydrogens is 424 g/mol. The van der Waals surface area contributed by atoms with Gasteiger partial charge in [-0.05, 0) is 66.5 Å². The minimum atomic E-state index is -5.01. The van der Waals surface area contributed by atoms with E-state index in [0.29, 0.717) is 21.9 Å². The van der Waals surface area contributed by atoms with Crippen molar-refractivity contribution in [1.82, 2.24) is 9.88 Å². The predicted molar refractivity (Wildman–Crippen MR) is 112 cm³/mol. The van der Waals surface area contributed by atoms with E-state index in [2.05, 4.69) is 28.5 Å². The number of nitrogens with zero attached hydrogens (tertiary/aromatic N) is 1. The Bertz CT molecular complexity index is 1040. The molecule has 1 amide bonds. The van der Waals surface area contributed by atoms with E-state index in [1.54, 1.807) is 13.1 Å². The van der Waals surface area contributed by atoms with Crippen LogP contribution in [0, 0.1) is 16.6 Å². The number of ether oxygens (including phenoxy) is 1. The van der Waals surface area contributed by atoms with E-state index in [4.69, 9.17) is 0 Å². The SMILES string of the molecule is CC(CC(=O)N1C2CC3(C)CC1CC(C)(C2)C3)c1c[nH]c2ccc(F)c(OC(F)(F)F)c12. The van der Waals surface area contributed by atoms with Crippen molar-refractivity contribution in [3.63, 3.8) is 0 Å². The van der Waals surface area contributed by atoms with Gasteiger partial charge in [0.25, 0.3) is 0 Å². The van der Waals surface area contributed by atoms with Crippen molar-refractivity contribution < 1.29 is 27.1 Å². The van der Waals surface area contributed by atoms with Crippen LogP contribution in [0.4, 0.5) is 17.6 Å². The van der Waals surface area contributed by atoms with Gasteiger partial charge < -0.3 is 14.6 Å². The van der Waals surface area contributed by atoms with Crippen molar-refractivity contribution in [2.24, 2.45) is 10.8 Å². The van der Waals surface area contributed by atoms with Crippen LogP contribution in [0.3, 0.4) is 0 Å². The van der Waals surface area contributed by atoms with Crippen LogP contribution in [0.2, 0.25) is 0 Å². The third-order valence-electron chi connectivity index (χ3n) is 7.85. The van der Waals surface area contributed by atoms with Crippen LogP contribution in [-0.2, 0) is 4.79 Å². The van der Waals surface area contributed by atoms with Gasteiger partial charge in [0.05, 0.1) is 0 Å². The smallest absolute Gasteiger partial charge is 0.402 e. The largest absolute Gasteiger partial charge is 0.573 e. The number of piperidine rings is 2. The molecule has 1 aromatic carbocycles. The fraction of sp³-hybridized carbons (Fsp3) is 0.625. The van der Waals surface area contributed by atoms with Crippen LogP contribution >= 0.6 is 0 Å². The van der Waals surface area contributed by atoms with Crippen LogP contribution in [0.5, 0.6) is 5.75 Å². The molecule has 3 heterocycles. The number of H-pyrrole nitrogens is 1. The number of carbonyl (C=O) groups excluding carboxylic acids is 1. The molecule has 2 aliphatic heterocycles. The Kier molecular flexibility index (Phi) is 4.64. The molecule has 1 N–H and O–H groups in total. The van der Waals surface area contributed by atoms with Gasteiger partial charge in [-0.1, -0.05) is 20.8 Å². The molecule has 2 saturated heterocycles. The summed E-state index contributed by atoms with van der Waals surface area (Å²) < 4.78 is 57.0. The Morgan fingerprint density at radius 3 is 2.34 bits per heavy atom. The first-order chi connectivity index (χ1) is 14.9. The van der Waals surface area contributed by atoms with Gasteiger partial charge in [0.2, 0.25) is 5.91 Å². The standard InChI is InChI=1S/C24H28F4N2O2/c1-13(16-11-29-18-5-4-17(25)21(20(16)18)32-24(26,27)28)6-19(31)30-14-7-22(2)8-15(30)10-23(3,9-14)12-22/h4-5,11,13-15,29H,6-10,12H2,1-3H3. The van der Waals surface area contributed by atoms with E-state index in [1.807, 2.05) is 0 Å². The first-order valence-corrected chi connectivity index (χ1v) is 11.2. The summed E-state index contributed by atoms with van der Waals surface area (Å²) in [4.78, 5) is 18.3. The van der Waals surface area contributed by atoms with E-state index in [9.17, 15) is 22.4 Å². The molecule has 2 aliphatic carbocycles. The average Bonchev–Trinajstić information content (AvgIpc) is 3.05. The molecule has 174 valence electrons. The van der Waals surface area contributed by atoms with Gasteiger partial charge in [0.1, 0.15) is 0 Å². The van der Waals surface area contributed by atoms with Gasteiger partial charge in [-0.15, -0.1) is 13.2 Å². The Labute approximate surface area is 184 Å². The number of fused-ring (bicyclic) bond motifs is 1. The summed E-state index contributed by atoms with van der Waals surface area (Å²) in [5.74, 6) is -2.29. The van der Waals surface area contributed by atoms with Gasteiger partial charge in [-0.2, -0.15) is 0 Å². The maximum absolute atomic E-state index is 14.3. The molecule has 32 heavy (non-hydrogen) atoms. The lowest BCUT2D eigenvalue weighted by molar-refractivity contribution is -0.275. The van der Waals surface area contributed by atoms with E-state index in [0.717, 1.165) is 31.7 Å². The first-order valence-electron chi connectivity index (χ1n) is 11.2. The zero-order chi connectivity index (χ0) is 23.1. The first kappa shape index (κ1) is 21.6. The minimum absolute atomic E-state index is 0.0301. The lowest BCUT2D eigenvalue weighted by Gasteiger charge is -2.64. The second-order valence-corrected chi connectivity index (χ2v) is 10.9. The highest BCUT2D eigenvalue weighted by atomic mass is 19.4. The molecule has 2 aromatic rings. The van der Waals surface area contributed by atoms with Crippen molar-refractivity contribution >= 4 is 16.8 Å². The van der Waals surface area contributed by atoms with Crippen LogP contribution < -0.4 is 4.74 Å². The summed E-state index contributed by atoms with van der Waals surface area (Å²) in [5.41, 5.74) is 1.38. The maximum Gasteiger partial charge on any atom is 0.573 e. The summed E-state index contributed by atoms with van der Waals surface area (Å²) in [5, 5.41) is 0.0442. The zero-order valence-corrected chi connectivity index (χ0v) is 18.5. The molecule has 2 saturated carbocycles. The fourth-order valence-electron chi connectivity index (χ4n) is 7.28. The molecule has 4 aliphatic rings. The molecule has 4 bridgehead atoms. The molecule has 8 heteroatoms. The molecule has 0 spiro atoms. The third-order valence-corrected chi connectivity index (χ3v) is 7.85. The van der Waals surface area contributed by atoms with Gasteiger partial charge in [-0.25, -0.2) is 4.39 Å². The molecule has 1 unspecified atom stereocenters. The number of amides is 1. The predicted octanol–water partition coefficient (Wildman–Crippen LogP) is 6.27. The van der Waals surface area contributed by atoms with Gasteiger partial charge in [0, 0.05) is 35.6 Å². The van der Waals surface area contributed by atoms with Crippen molar-refractivity contribution in [3.05, 3.63) is 29.7 Å². The number of rotatable bonds is 4. The van der Waals surface area contributed by atoms with Gasteiger partial charge in [-0.3, -0.25) is 4.79 Å². The summed E-state index contributed by atoms with van der Waals surface area (Å²) >= 11 is 0. The van der Waals surface area contributed by atoms with E-state index in [-0.39, 0.29) is 29.8 Å². The number of hydrogen-bond acceptors (Lipinski definition) is 2. The topological polar surface area (TPSA) is 45.3 Å². The lowest BCUT2D eigenvalue weighted by atomic mass is 9.50. The molecule has 0 radical (unpaired) electrons. The Morgan fingerprint density at radius 2 is 1.78 bits per heavy atom. The van der Waals surface area contributed by atoms with Crippen LogP contribution in [-0.4, -0.2) is 34.2 Å². The average molecular weight is 452 g/mol. The third kappa shape index (κ3) is 3.55. The van der Waals surface area contributed by atoms with Gasteiger partial charge >= 0.3 is 6.36 Å². The van der Waals surface area contributed by atoms with Crippen LogP contribution in [0.25, 0.3) is 10.9 Å². The van der Waals surface area contributed by atoms with E-state index < -0.39 is 23.8 Å². The fourth-order valence-corrected chi connectivity index (χ4v) is 7.28. The summed E-state index contributed by atoms with van der Waals surface area (Å²) in [6, 6.07) is 2.79. The summed E-state index contributed by atoms with van der Waals surface area (Å²) in [6.07, 6.45) is 1.98. The highest BCUT2D eigenvalue weighted by Gasteiger charge is 2.58. The molecular formula is C24H28F4N2O2. The Balaban J connectivity index is 1.41. The van der Waals surface area contributed by atoms with Crippen molar-refractivity contribution in [2.45, 2.75) is 83.7 Å². The molecule has 4 fully saturated rings. The summed E-state index contributed by atoms with van der Waals surface area (Å²) in [7, 11) is 0. The van der Waals surface area contributed by atoms with E-state index in [1.165, 1.54) is 12.5 Å². The highest BCUT2D eigenvalue weighted by Crippen LogP contribution is 2.61. The molecule has 1 aromatic heterocycles. The number of carbonyl (C=O) groups is 1. The lowest BCUT2D eigenvalue weighted by Crippen LogP contribution is -2.65. The number of nitrogens with one attached hydrogen (secondary N) is 1. The Morgan fingerprint density at radius 1 is 1.19 bits per heavy atom. The number of aromatic amines is 1. The zero-order valence-electron chi connectivity index (χ0n) is 18.5.